The number of benzene rings is 2. The number of amides is 2. The van der Waals surface area contributed by atoms with Gasteiger partial charge in [0.2, 0.25) is 5.91 Å². The number of carbonyl (C=O) groups excluding carboxylic acids is 3. The van der Waals surface area contributed by atoms with Crippen molar-refractivity contribution >= 4 is 44.7 Å². The molecule has 3 atom stereocenters. The molecule has 39 heavy (non-hydrogen) atoms. The molecule has 2 amide bonds. The minimum atomic E-state index is -0.978. The lowest BCUT2D eigenvalue weighted by Crippen LogP contribution is -2.55. The maximum atomic E-state index is 13.2. The predicted molar refractivity (Wildman–Crippen MR) is 150 cm³/mol. The molecule has 3 aromatic rings. The van der Waals surface area contributed by atoms with Gasteiger partial charge in [-0.05, 0) is 30.0 Å². The van der Waals surface area contributed by atoms with Crippen LogP contribution in [0.3, 0.4) is 0 Å². The van der Waals surface area contributed by atoms with Gasteiger partial charge in [-0.25, -0.2) is 4.79 Å². The maximum absolute atomic E-state index is 13.2. The van der Waals surface area contributed by atoms with Crippen LogP contribution in [-0.2, 0) is 20.9 Å². The number of esters is 1. The van der Waals surface area contributed by atoms with Crippen molar-refractivity contribution < 1.29 is 28.3 Å². The third kappa shape index (κ3) is 7.26. The summed E-state index contributed by atoms with van der Waals surface area (Å²) in [5, 5.41) is 5.55. The molecule has 1 unspecified atom stereocenters. The second-order valence-electron chi connectivity index (χ2n) is 9.57. The van der Waals surface area contributed by atoms with Crippen molar-refractivity contribution in [2.75, 3.05) is 7.11 Å². The van der Waals surface area contributed by atoms with Crippen LogP contribution in [0.4, 0.5) is 0 Å². The molecule has 0 aliphatic rings. The average molecular weight is 601 g/mol. The molecule has 2 N–H and O–H groups in total. The summed E-state index contributed by atoms with van der Waals surface area (Å²) in [6, 6.07) is 11.7. The summed E-state index contributed by atoms with van der Waals surface area (Å²) < 4.78 is 17.4. The largest absolute Gasteiger partial charge is 0.488 e. The van der Waals surface area contributed by atoms with E-state index in [1.807, 2.05) is 31.2 Å². The Morgan fingerprint density at radius 2 is 1.72 bits per heavy atom. The summed E-state index contributed by atoms with van der Waals surface area (Å²) in [5.41, 5.74) is 0.614. The van der Waals surface area contributed by atoms with Gasteiger partial charge < -0.3 is 24.5 Å². The Hall–Kier alpha value is -3.66. The van der Waals surface area contributed by atoms with E-state index in [0.717, 1.165) is 16.1 Å². The SMILES string of the molecule is CCC(C)[C@H](NC(=O)c1cc(=O)c2c(OCc3ccccc3Br)cccc2o1)C(=O)N[C@H](C(=O)OC)C(C)C. The fraction of sp³-hybridized carbons (Fsp3) is 0.379. The number of halogens is 1. The van der Waals surface area contributed by atoms with Gasteiger partial charge in [0.1, 0.15) is 35.4 Å². The first-order valence-corrected chi connectivity index (χ1v) is 13.5. The highest BCUT2D eigenvalue weighted by Crippen LogP contribution is 2.26. The van der Waals surface area contributed by atoms with E-state index in [9.17, 15) is 19.2 Å². The van der Waals surface area contributed by atoms with Crippen LogP contribution in [0.2, 0.25) is 0 Å². The first-order valence-electron chi connectivity index (χ1n) is 12.7. The van der Waals surface area contributed by atoms with E-state index in [0.29, 0.717) is 12.2 Å². The lowest BCUT2D eigenvalue weighted by atomic mass is 9.96. The van der Waals surface area contributed by atoms with E-state index in [1.54, 1.807) is 39.0 Å². The molecule has 1 aromatic heterocycles. The summed E-state index contributed by atoms with van der Waals surface area (Å²) in [7, 11) is 1.25. The highest BCUT2D eigenvalue weighted by molar-refractivity contribution is 9.10. The summed E-state index contributed by atoms with van der Waals surface area (Å²) in [6.45, 7) is 7.45. The number of hydrogen-bond donors (Lipinski definition) is 2. The van der Waals surface area contributed by atoms with Gasteiger partial charge in [-0.2, -0.15) is 0 Å². The minimum absolute atomic E-state index is 0.174. The quantitative estimate of drug-likeness (QED) is 0.308. The third-order valence-electron chi connectivity index (χ3n) is 6.48. The summed E-state index contributed by atoms with van der Waals surface area (Å²) in [5.74, 6) is -2.27. The van der Waals surface area contributed by atoms with E-state index < -0.39 is 35.3 Å². The monoisotopic (exact) mass is 600 g/mol. The fourth-order valence-electron chi connectivity index (χ4n) is 3.96. The van der Waals surface area contributed by atoms with Crippen LogP contribution in [0.1, 0.15) is 50.2 Å². The molecule has 208 valence electrons. The molecule has 0 radical (unpaired) electrons. The number of hydrogen-bond acceptors (Lipinski definition) is 7. The van der Waals surface area contributed by atoms with Gasteiger partial charge in [0, 0.05) is 16.1 Å². The van der Waals surface area contributed by atoms with Crippen LogP contribution < -0.4 is 20.8 Å². The van der Waals surface area contributed by atoms with Gasteiger partial charge in [-0.15, -0.1) is 0 Å². The summed E-state index contributed by atoms with van der Waals surface area (Å²) >= 11 is 3.48. The highest BCUT2D eigenvalue weighted by atomic mass is 79.9. The van der Waals surface area contributed by atoms with Crippen LogP contribution in [0, 0.1) is 11.8 Å². The molecule has 10 heteroatoms. The molecule has 0 saturated heterocycles. The number of rotatable bonds is 11. The minimum Gasteiger partial charge on any atom is -0.488 e. The van der Waals surface area contributed by atoms with Gasteiger partial charge in [0.05, 0.1) is 7.11 Å². The van der Waals surface area contributed by atoms with E-state index in [2.05, 4.69) is 26.6 Å². The van der Waals surface area contributed by atoms with Gasteiger partial charge in [0.15, 0.2) is 11.2 Å². The molecule has 0 saturated carbocycles. The molecule has 0 bridgehead atoms. The number of nitrogens with one attached hydrogen (secondary N) is 2. The molecule has 2 aromatic carbocycles. The van der Waals surface area contributed by atoms with Crippen molar-refractivity contribution in [1.29, 1.82) is 0 Å². The van der Waals surface area contributed by atoms with E-state index in [-0.39, 0.29) is 35.2 Å². The Morgan fingerprint density at radius 1 is 1.00 bits per heavy atom. The molecule has 3 rings (SSSR count). The van der Waals surface area contributed by atoms with E-state index in [1.165, 1.54) is 7.11 Å². The predicted octanol–water partition coefficient (Wildman–Crippen LogP) is 4.59. The van der Waals surface area contributed by atoms with Crippen molar-refractivity contribution in [1.82, 2.24) is 10.6 Å². The normalized spacial score (nSPS) is 13.4. The molecule has 0 fully saturated rings. The molecule has 0 aliphatic heterocycles. The first kappa shape index (κ1) is 29.9. The molecule has 9 nitrogen and oxygen atoms in total. The zero-order valence-electron chi connectivity index (χ0n) is 22.6. The number of carbonyl (C=O) groups is 3. The Kier molecular flexibility index (Phi) is 10.3. The average Bonchev–Trinajstić information content (AvgIpc) is 2.92. The summed E-state index contributed by atoms with van der Waals surface area (Å²) in [4.78, 5) is 51.5. The van der Waals surface area contributed by atoms with Crippen molar-refractivity contribution in [3.63, 3.8) is 0 Å². The first-order chi connectivity index (χ1) is 18.6. The Bertz CT molecular complexity index is 1400. The fourth-order valence-corrected chi connectivity index (χ4v) is 4.36. The van der Waals surface area contributed by atoms with Crippen LogP contribution in [0.5, 0.6) is 5.75 Å². The van der Waals surface area contributed by atoms with Gasteiger partial charge >= 0.3 is 5.97 Å². The second kappa shape index (κ2) is 13.4. The Morgan fingerprint density at radius 3 is 2.36 bits per heavy atom. The van der Waals surface area contributed by atoms with Crippen molar-refractivity contribution in [3.05, 3.63) is 74.6 Å². The number of ether oxygens (including phenoxy) is 2. The zero-order valence-corrected chi connectivity index (χ0v) is 24.2. The van der Waals surface area contributed by atoms with Crippen LogP contribution in [0.25, 0.3) is 11.0 Å². The molecule has 1 heterocycles. The number of methoxy groups -OCH3 is 1. The van der Waals surface area contributed by atoms with Crippen molar-refractivity contribution in [2.45, 2.75) is 52.8 Å². The van der Waals surface area contributed by atoms with Crippen LogP contribution >= 0.6 is 15.9 Å². The molecule has 0 spiro atoms. The van der Waals surface area contributed by atoms with Gasteiger partial charge in [-0.3, -0.25) is 14.4 Å². The second-order valence-corrected chi connectivity index (χ2v) is 10.4. The molecular formula is C29H33BrN2O7. The highest BCUT2D eigenvalue weighted by Gasteiger charge is 2.32. The summed E-state index contributed by atoms with van der Waals surface area (Å²) in [6.07, 6.45) is 0.572. The van der Waals surface area contributed by atoms with Crippen LogP contribution in [-0.4, -0.2) is 37.0 Å². The molecule has 0 aliphatic carbocycles. The van der Waals surface area contributed by atoms with E-state index >= 15 is 0 Å². The lowest BCUT2D eigenvalue weighted by Gasteiger charge is -2.27. The van der Waals surface area contributed by atoms with Gasteiger partial charge in [-0.1, -0.05) is 74.3 Å². The Labute approximate surface area is 235 Å². The zero-order chi connectivity index (χ0) is 28.7. The maximum Gasteiger partial charge on any atom is 0.328 e. The molecular weight excluding hydrogens is 568 g/mol. The standard InChI is InChI=1S/C29H33BrN2O7/c1-6-17(4)26(28(35)31-25(16(2)3)29(36)37-5)32-27(34)23-14-20(33)24-21(12-9-13-22(24)39-23)38-15-18-10-7-8-11-19(18)30/h7-14,16-17,25-26H,6,15H2,1-5H3,(H,31,35)(H,32,34)/t17?,25-,26-/m0/s1. The lowest BCUT2D eigenvalue weighted by molar-refractivity contribution is -0.146. The van der Waals surface area contributed by atoms with Crippen LogP contribution in [0.15, 0.2) is 62.2 Å². The number of fused-ring (bicyclic) bond motifs is 1. The van der Waals surface area contributed by atoms with Crippen molar-refractivity contribution in [3.8, 4) is 5.75 Å². The topological polar surface area (TPSA) is 124 Å². The van der Waals surface area contributed by atoms with Gasteiger partial charge in [0.25, 0.3) is 5.91 Å². The smallest absolute Gasteiger partial charge is 0.328 e. The van der Waals surface area contributed by atoms with Crippen molar-refractivity contribution in [2.24, 2.45) is 11.8 Å². The third-order valence-corrected chi connectivity index (χ3v) is 7.26. The van der Waals surface area contributed by atoms with E-state index in [4.69, 9.17) is 13.9 Å². The Balaban J connectivity index is 1.85.